The van der Waals surface area contributed by atoms with E-state index in [9.17, 15) is 0 Å². The molecular formula is C17H26N2O2. The van der Waals surface area contributed by atoms with Crippen molar-refractivity contribution in [2.24, 2.45) is 5.92 Å². The van der Waals surface area contributed by atoms with Crippen molar-refractivity contribution in [3.8, 4) is 11.5 Å². The molecule has 0 radical (unpaired) electrons. The maximum Gasteiger partial charge on any atom is 0.119 e. The minimum absolute atomic E-state index is 0.358. The predicted octanol–water partition coefficient (Wildman–Crippen LogP) is 2.15. The molecule has 4 nitrogen and oxygen atoms in total. The van der Waals surface area contributed by atoms with Crippen LogP contribution in [0.4, 0.5) is 0 Å². The molecule has 2 saturated heterocycles. The quantitative estimate of drug-likeness (QED) is 0.901. The monoisotopic (exact) mass is 290 g/mol. The molecule has 1 N–H and O–H groups in total. The minimum Gasteiger partial charge on any atom is -0.497 e. The first-order valence-corrected chi connectivity index (χ1v) is 8.07. The molecule has 0 aromatic heterocycles. The fraction of sp³-hybridized carbons (Fsp3) is 0.647. The van der Waals surface area contributed by atoms with Gasteiger partial charge in [-0.25, -0.2) is 0 Å². The Labute approximate surface area is 127 Å². The lowest BCUT2D eigenvalue weighted by Crippen LogP contribution is -2.40. The molecular weight excluding hydrogens is 264 g/mol. The molecule has 0 saturated carbocycles. The van der Waals surface area contributed by atoms with Gasteiger partial charge in [0.2, 0.25) is 0 Å². The molecule has 0 unspecified atom stereocenters. The van der Waals surface area contributed by atoms with Crippen molar-refractivity contribution in [2.75, 3.05) is 39.8 Å². The molecule has 0 spiro atoms. The second-order valence-electron chi connectivity index (χ2n) is 6.15. The van der Waals surface area contributed by atoms with E-state index in [2.05, 4.69) is 10.2 Å². The van der Waals surface area contributed by atoms with Crippen molar-refractivity contribution in [2.45, 2.75) is 25.4 Å². The summed E-state index contributed by atoms with van der Waals surface area (Å²) in [4.78, 5) is 2.60. The summed E-state index contributed by atoms with van der Waals surface area (Å²) in [5.41, 5.74) is 0. The topological polar surface area (TPSA) is 33.7 Å². The Morgan fingerprint density at radius 2 is 1.81 bits per heavy atom. The van der Waals surface area contributed by atoms with Crippen LogP contribution in [0.2, 0.25) is 0 Å². The third-order valence-corrected chi connectivity index (χ3v) is 4.58. The van der Waals surface area contributed by atoms with Gasteiger partial charge in [-0.05, 0) is 62.5 Å². The first-order chi connectivity index (χ1) is 10.3. The number of nitrogens with one attached hydrogen (secondary N) is 1. The van der Waals surface area contributed by atoms with Gasteiger partial charge >= 0.3 is 0 Å². The maximum atomic E-state index is 6.08. The average Bonchev–Trinajstić information content (AvgIpc) is 3.03. The van der Waals surface area contributed by atoms with Gasteiger partial charge in [0.05, 0.1) is 7.11 Å². The molecule has 2 aliphatic rings. The van der Waals surface area contributed by atoms with E-state index in [1.807, 2.05) is 24.3 Å². The molecule has 116 valence electrons. The van der Waals surface area contributed by atoms with Crippen molar-refractivity contribution in [1.82, 2.24) is 10.2 Å². The first-order valence-electron chi connectivity index (χ1n) is 8.07. The van der Waals surface area contributed by atoms with E-state index in [0.29, 0.717) is 6.10 Å². The van der Waals surface area contributed by atoms with Crippen molar-refractivity contribution in [3.63, 3.8) is 0 Å². The lowest BCUT2D eigenvalue weighted by atomic mass is 10.0. The minimum atomic E-state index is 0.358. The van der Waals surface area contributed by atoms with Crippen LogP contribution in [0, 0.1) is 5.92 Å². The number of likely N-dealkylation sites (tertiary alicyclic amines) is 1. The highest BCUT2D eigenvalue weighted by atomic mass is 16.5. The maximum absolute atomic E-state index is 6.08. The first kappa shape index (κ1) is 14.7. The summed E-state index contributed by atoms with van der Waals surface area (Å²) in [5, 5.41) is 3.45. The van der Waals surface area contributed by atoms with Crippen LogP contribution < -0.4 is 14.8 Å². The zero-order chi connectivity index (χ0) is 14.5. The Bertz CT molecular complexity index is 421. The molecule has 1 aromatic carbocycles. The molecule has 21 heavy (non-hydrogen) atoms. The van der Waals surface area contributed by atoms with E-state index in [-0.39, 0.29) is 0 Å². The zero-order valence-electron chi connectivity index (χ0n) is 12.9. The van der Waals surface area contributed by atoms with Crippen molar-refractivity contribution < 1.29 is 9.47 Å². The Balaban J connectivity index is 1.42. The van der Waals surface area contributed by atoms with Gasteiger partial charge in [-0.3, -0.25) is 0 Å². The number of hydrogen-bond acceptors (Lipinski definition) is 4. The molecule has 1 aromatic rings. The summed E-state index contributed by atoms with van der Waals surface area (Å²) in [6.45, 7) is 5.97. The van der Waals surface area contributed by atoms with Crippen LogP contribution in [0.3, 0.4) is 0 Å². The molecule has 2 heterocycles. The summed E-state index contributed by atoms with van der Waals surface area (Å²) in [7, 11) is 1.69. The normalized spacial score (nSPS) is 24.1. The number of nitrogens with zero attached hydrogens (tertiary/aromatic N) is 1. The number of ether oxygens (including phenoxy) is 2. The summed E-state index contributed by atoms with van der Waals surface area (Å²) < 4.78 is 11.2. The summed E-state index contributed by atoms with van der Waals surface area (Å²) in [6.07, 6.45) is 3.96. The Morgan fingerprint density at radius 3 is 2.43 bits per heavy atom. The Hall–Kier alpha value is -1.26. The molecule has 1 atom stereocenters. The van der Waals surface area contributed by atoms with Gasteiger partial charge in [0, 0.05) is 19.6 Å². The van der Waals surface area contributed by atoms with E-state index in [4.69, 9.17) is 9.47 Å². The van der Waals surface area contributed by atoms with E-state index in [1.165, 1.54) is 26.1 Å². The highest BCUT2D eigenvalue weighted by Crippen LogP contribution is 2.22. The summed E-state index contributed by atoms with van der Waals surface area (Å²) in [6, 6.07) is 7.90. The lowest BCUT2D eigenvalue weighted by molar-refractivity contribution is 0.0927. The molecule has 2 fully saturated rings. The number of benzene rings is 1. The standard InChI is InChI=1S/C17H26N2O2/c1-20-15-2-4-16(5-3-15)21-17-7-10-19(11-8-17)13-14-6-9-18-12-14/h2-5,14,17-18H,6-13H2,1H3/t14-/m1/s1. The fourth-order valence-corrected chi connectivity index (χ4v) is 3.29. The summed E-state index contributed by atoms with van der Waals surface area (Å²) >= 11 is 0. The second kappa shape index (κ2) is 7.14. The van der Waals surface area contributed by atoms with Gasteiger partial charge in [-0.15, -0.1) is 0 Å². The number of piperidine rings is 1. The highest BCUT2D eigenvalue weighted by molar-refractivity contribution is 5.31. The smallest absolute Gasteiger partial charge is 0.119 e. The predicted molar refractivity (Wildman–Crippen MR) is 84.1 cm³/mol. The van der Waals surface area contributed by atoms with Crippen LogP contribution >= 0.6 is 0 Å². The third-order valence-electron chi connectivity index (χ3n) is 4.58. The van der Waals surface area contributed by atoms with Gasteiger partial charge in [0.1, 0.15) is 17.6 Å². The van der Waals surface area contributed by atoms with Gasteiger partial charge < -0.3 is 19.7 Å². The van der Waals surface area contributed by atoms with Crippen LogP contribution in [0.15, 0.2) is 24.3 Å². The van der Waals surface area contributed by atoms with Gasteiger partial charge in [0.15, 0.2) is 0 Å². The second-order valence-corrected chi connectivity index (χ2v) is 6.15. The molecule has 3 rings (SSSR count). The zero-order valence-corrected chi connectivity index (χ0v) is 12.9. The molecule has 0 bridgehead atoms. The fourth-order valence-electron chi connectivity index (χ4n) is 3.29. The molecule has 4 heteroatoms. The van der Waals surface area contributed by atoms with Crippen molar-refractivity contribution >= 4 is 0 Å². The van der Waals surface area contributed by atoms with Crippen LogP contribution in [0.25, 0.3) is 0 Å². The highest BCUT2D eigenvalue weighted by Gasteiger charge is 2.24. The van der Waals surface area contributed by atoms with Gasteiger partial charge in [-0.2, -0.15) is 0 Å². The third kappa shape index (κ3) is 4.11. The van der Waals surface area contributed by atoms with E-state index < -0.39 is 0 Å². The van der Waals surface area contributed by atoms with Gasteiger partial charge in [-0.1, -0.05) is 0 Å². The SMILES string of the molecule is COc1ccc(OC2CCN(C[C@@H]3CCNC3)CC2)cc1. The lowest BCUT2D eigenvalue weighted by Gasteiger charge is -2.33. The summed E-state index contributed by atoms with van der Waals surface area (Å²) in [5.74, 6) is 2.68. The average molecular weight is 290 g/mol. The van der Waals surface area contributed by atoms with Gasteiger partial charge in [0.25, 0.3) is 0 Å². The largest absolute Gasteiger partial charge is 0.497 e. The van der Waals surface area contributed by atoms with Crippen LogP contribution in [-0.4, -0.2) is 50.8 Å². The molecule has 0 aliphatic carbocycles. The van der Waals surface area contributed by atoms with Crippen LogP contribution in [-0.2, 0) is 0 Å². The number of rotatable bonds is 5. The van der Waals surface area contributed by atoms with Crippen LogP contribution in [0.5, 0.6) is 11.5 Å². The Morgan fingerprint density at radius 1 is 1.10 bits per heavy atom. The molecule has 0 amide bonds. The van der Waals surface area contributed by atoms with E-state index in [1.54, 1.807) is 7.11 Å². The number of methoxy groups -OCH3 is 1. The Kier molecular flexibility index (Phi) is 4.99. The number of hydrogen-bond donors (Lipinski definition) is 1. The van der Waals surface area contributed by atoms with Crippen molar-refractivity contribution in [1.29, 1.82) is 0 Å². The molecule has 2 aliphatic heterocycles. The van der Waals surface area contributed by atoms with Crippen LogP contribution in [0.1, 0.15) is 19.3 Å². The van der Waals surface area contributed by atoms with E-state index in [0.717, 1.165) is 43.3 Å². The van der Waals surface area contributed by atoms with Crippen molar-refractivity contribution in [3.05, 3.63) is 24.3 Å². The van der Waals surface area contributed by atoms with E-state index >= 15 is 0 Å².